The van der Waals surface area contributed by atoms with Crippen LogP contribution in [-0.2, 0) is 11.2 Å². The van der Waals surface area contributed by atoms with Crippen LogP contribution in [0.3, 0.4) is 0 Å². The van der Waals surface area contributed by atoms with Crippen LogP contribution in [-0.4, -0.2) is 17.1 Å². The SMILES string of the molecule is CC(C)C(=O)N[C@H]1c2ccccc2C[C@H]1O. The molecule has 0 fully saturated rings. The van der Waals surface area contributed by atoms with Crippen molar-refractivity contribution in [2.24, 2.45) is 5.92 Å². The average Bonchev–Trinajstić information content (AvgIpc) is 2.55. The van der Waals surface area contributed by atoms with E-state index in [9.17, 15) is 9.90 Å². The minimum atomic E-state index is -0.500. The van der Waals surface area contributed by atoms with Crippen LogP contribution in [0.4, 0.5) is 0 Å². The van der Waals surface area contributed by atoms with Gasteiger partial charge in [-0.2, -0.15) is 0 Å². The number of hydrogen-bond donors (Lipinski definition) is 2. The van der Waals surface area contributed by atoms with Gasteiger partial charge in [-0.15, -0.1) is 0 Å². The number of hydrogen-bond acceptors (Lipinski definition) is 2. The predicted octanol–water partition coefficient (Wildman–Crippen LogP) is 1.42. The highest BCUT2D eigenvalue weighted by molar-refractivity contribution is 5.78. The van der Waals surface area contributed by atoms with Crippen molar-refractivity contribution in [2.75, 3.05) is 0 Å². The zero-order valence-electron chi connectivity index (χ0n) is 9.60. The average molecular weight is 219 g/mol. The largest absolute Gasteiger partial charge is 0.390 e. The smallest absolute Gasteiger partial charge is 0.223 e. The van der Waals surface area contributed by atoms with E-state index in [4.69, 9.17) is 0 Å². The highest BCUT2D eigenvalue weighted by Crippen LogP contribution is 2.31. The van der Waals surface area contributed by atoms with E-state index in [-0.39, 0.29) is 17.9 Å². The quantitative estimate of drug-likeness (QED) is 0.790. The first-order chi connectivity index (χ1) is 7.59. The molecule has 0 saturated carbocycles. The van der Waals surface area contributed by atoms with Crippen LogP contribution >= 0.6 is 0 Å². The van der Waals surface area contributed by atoms with Crippen molar-refractivity contribution < 1.29 is 9.90 Å². The molecule has 86 valence electrons. The van der Waals surface area contributed by atoms with Crippen molar-refractivity contribution in [1.29, 1.82) is 0 Å². The fourth-order valence-electron chi connectivity index (χ4n) is 2.07. The van der Waals surface area contributed by atoms with E-state index in [1.807, 2.05) is 38.1 Å². The highest BCUT2D eigenvalue weighted by atomic mass is 16.3. The van der Waals surface area contributed by atoms with Crippen molar-refractivity contribution in [3.05, 3.63) is 35.4 Å². The van der Waals surface area contributed by atoms with Gasteiger partial charge in [0, 0.05) is 12.3 Å². The Morgan fingerprint density at radius 2 is 2.12 bits per heavy atom. The van der Waals surface area contributed by atoms with Crippen molar-refractivity contribution in [2.45, 2.75) is 32.4 Å². The highest BCUT2D eigenvalue weighted by Gasteiger charge is 2.32. The number of benzene rings is 1. The molecule has 1 aromatic rings. The molecule has 3 heteroatoms. The van der Waals surface area contributed by atoms with E-state index in [0.29, 0.717) is 6.42 Å². The topological polar surface area (TPSA) is 49.3 Å². The van der Waals surface area contributed by atoms with Gasteiger partial charge in [-0.1, -0.05) is 38.1 Å². The number of amides is 1. The number of nitrogens with one attached hydrogen (secondary N) is 1. The Kier molecular flexibility index (Phi) is 2.97. The van der Waals surface area contributed by atoms with E-state index >= 15 is 0 Å². The van der Waals surface area contributed by atoms with Crippen LogP contribution in [0.2, 0.25) is 0 Å². The maximum atomic E-state index is 11.6. The van der Waals surface area contributed by atoms with E-state index in [0.717, 1.165) is 11.1 Å². The first kappa shape index (κ1) is 11.1. The summed E-state index contributed by atoms with van der Waals surface area (Å²) in [5, 5.41) is 12.8. The molecule has 0 bridgehead atoms. The van der Waals surface area contributed by atoms with Crippen molar-refractivity contribution in [3.63, 3.8) is 0 Å². The zero-order valence-corrected chi connectivity index (χ0v) is 9.60. The first-order valence-electron chi connectivity index (χ1n) is 5.66. The van der Waals surface area contributed by atoms with E-state index in [1.165, 1.54) is 0 Å². The molecule has 1 amide bonds. The third kappa shape index (κ3) is 1.95. The number of rotatable bonds is 2. The standard InChI is InChI=1S/C13H17NO2/c1-8(2)13(16)14-12-10-6-4-3-5-9(10)7-11(12)15/h3-6,8,11-12,15H,7H2,1-2H3,(H,14,16)/t11-,12+/m1/s1. The lowest BCUT2D eigenvalue weighted by atomic mass is 10.1. The van der Waals surface area contributed by atoms with Crippen molar-refractivity contribution >= 4 is 5.91 Å². The molecule has 0 spiro atoms. The van der Waals surface area contributed by atoms with Gasteiger partial charge in [-0.3, -0.25) is 4.79 Å². The number of aliphatic hydroxyl groups is 1. The Morgan fingerprint density at radius 1 is 1.44 bits per heavy atom. The molecule has 0 saturated heterocycles. The molecule has 0 heterocycles. The number of carbonyl (C=O) groups is 1. The van der Waals surface area contributed by atoms with E-state index in [1.54, 1.807) is 0 Å². The molecule has 16 heavy (non-hydrogen) atoms. The fraction of sp³-hybridized carbons (Fsp3) is 0.462. The molecule has 0 radical (unpaired) electrons. The minimum absolute atomic E-state index is 0.0132. The Bertz CT molecular complexity index is 401. The molecule has 0 aromatic heterocycles. The molecule has 2 N–H and O–H groups in total. The predicted molar refractivity (Wildman–Crippen MR) is 61.9 cm³/mol. The zero-order chi connectivity index (χ0) is 11.7. The van der Waals surface area contributed by atoms with Crippen molar-refractivity contribution in [3.8, 4) is 0 Å². The van der Waals surface area contributed by atoms with Crippen LogP contribution in [0, 0.1) is 5.92 Å². The maximum absolute atomic E-state index is 11.6. The van der Waals surface area contributed by atoms with Gasteiger partial charge in [0.1, 0.15) is 0 Å². The van der Waals surface area contributed by atoms with Gasteiger partial charge in [0.25, 0.3) is 0 Å². The van der Waals surface area contributed by atoms with Gasteiger partial charge in [-0.05, 0) is 11.1 Å². The number of carbonyl (C=O) groups excluding carboxylic acids is 1. The van der Waals surface area contributed by atoms with Gasteiger partial charge >= 0.3 is 0 Å². The molecule has 1 aliphatic carbocycles. The fourth-order valence-corrected chi connectivity index (χ4v) is 2.07. The van der Waals surface area contributed by atoms with Gasteiger partial charge < -0.3 is 10.4 Å². The second-order valence-electron chi connectivity index (χ2n) is 4.61. The minimum Gasteiger partial charge on any atom is -0.390 e. The Morgan fingerprint density at radius 3 is 2.81 bits per heavy atom. The summed E-state index contributed by atoms with van der Waals surface area (Å²) in [6, 6.07) is 7.62. The van der Waals surface area contributed by atoms with Gasteiger partial charge in [-0.25, -0.2) is 0 Å². The summed E-state index contributed by atoms with van der Waals surface area (Å²) in [4.78, 5) is 11.6. The molecule has 3 nitrogen and oxygen atoms in total. The summed E-state index contributed by atoms with van der Waals surface area (Å²) in [5.74, 6) is -0.0688. The second kappa shape index (κ2) is 4.26. The van der Waals surface area contributed by atoms with E-state index in [2.05, 4.69) is 5.32 Å². The molecular weight excluding hydrogens is 202 g/mol. The normalized spacial score (nSPS) is 23.2. The third-order valence-electron chi connectivity index (χ3n) is 3.03. The summed E-state index contributed by atoms with van der Waals surface area (Å²) < 4.78 is 0. The second-order valence-corrected chi connectivity index (χ2v) is 4.61. The monoisotopic (exact) mass is 219 g/mol. The van der Waals surface area contributed by atoms with Gasteiger partial charge in [0.15, 0.2) is 0 Å². The summed E-state index contributed by atoms with van der Waals surface area (Å²) in [6.45, 7) is 3.70. The van der Waals surface area contributed by atoms with Crippen LogP contribution in [0.25, 0.3) is 0 Å². The van der Waals surface area contributed by atoms with Crippen LogP contribution in [0.15, 0.2) is 24.3 Å². The van der Waals surface area contributed by atoms with Gasteiger partial charge in [0.05, 0.1) is 12.1 Å². The molecule has 0 unspecified atom stereocenters. The summed E-state index contributed by atoms with van der Waals surface area (Å²) in [5.41, 5.74) is 2.17. The maximum Gasteiger partial charge on any atom is 0.223 e. The summed E-state index contributed by atoms with van der Waals surface area (Å²) >= 11 is 0. The Hall–Kier alpha value is -1.35. The lowest BCUT2D eigenvalue weighted by Gasteiger charge is -2.19. The Labute approximate surface area is 95.5 Å². The summed E-state index contributed by atoms with van der Waals surface area (Å²) in [6.07, 6.45) is 0.124. The van der Waals surface area contributed by atoms with Crippen LogP contribution in [0.5, 0.6) is 0 Å². The molecule has 1 aliphatic rings. The lowest BCUT2D eigenvalue weighted by molar-refractivity contribution is -0.125. The molecule has 2 rings (SSSR count). The number of fused-ring (bicyclic) bond motifs is 1. The Balaban J connectivity index is 2.19. The van der Waals surface area contributed by atoms with Crippen LogP contribution in [0.1, 0.15) is 31.0 Å². The molecule has 2 atom stereocenters. The van der Waals surface area contributed by atoms with Gasteiger partial charge in [0.2, 0.25) is 5.91 Å². The molecule has 0 aliphatic heterocycles. The van der Waals surface area contributed by atoms with E-state index < -0.39 is 6.10 Å². The van der Waals surface area contributed by atoms with Crippen LogP contribution < -0.4 is 5.32 Å². The first-order valence-corrected chi connectivity index (χ1v) is 5.66. The van der Waals surface area contributed by atoms with Crippen molar-refractivity contribution in [1.82, 2.24) is 5.32 Å². The lowest BCUT2D eigenvalue weighted by Crippen LogP contribution is -2.36. The molecular formula is C13H17NO2. The molecule has 1 aromatic carbocycles. The summed E-state index contributed by atoms with van der Waals surface area (Å²) in [7, 11) is 0. The number of aliphatic hydroxyl groups excluding tert-OH is 1. The third-order valence-corrected chi connectivity index (χ3v) is 3.03.